The summed E-state index contributed by atoms with van der Waals surface area (Å²) in [5.74, 6) is 0.952. The molecule has 1 heterocycles. The zero-order chi connectivity index (χ0) is 25.8. The van der Waals surface area contributed by atoms with E-state index in [1.54, 1.807) is 24.3 Å². The Hall–Kier alpha value is -3.85. The van der Waals surface area contributed by atoms with Crippen LogP contribution in [-0.4, -0.2) is 20.8 Å². The van der Waals surface area contributed by atoms with Gasteiger partial charge in [0.15, 0.2) is 5.75 Å². The molecule has 3 aromatic carbocycles. The number of rotatable bonds is 7. The number of hydrogen-bond donors (Lipinski definition) is 0. The fraction of sp³-hybridized carbons (Fsp3) is 0.250. The number of hydrogen-bond acceptors (Lipinski definition) is 6. The Morgan fingerprint density at radius 3 is 2.59 bits per heavy atom. The number of fused-ring (bicyclic) bond motifs is 1. The lowest BCUT2D eigenvalue weighted by Crippen LogP contribution is -2.25. The van der Waals surface area contributed by atoms with Crippen LogP contribution < -0.4 is 10.3 Å². The molecule has 0 atom stereocenters. The summed E-state index contributed by atoms with van der Waals surface area (Å²) in [6, 6.07) is 19.4. The number of benzene rings is 3. The molecular weight excluding hydrogens is 536 g/mol. The molecule has 1 fully saturated rings. The third kappa shape index (κ3) is 5.61. The molecule has 0 radical (unpaired) electrons. The molecule has 0 amide bonds. The van der Waals surface area contributed by atoms with Crippen LogP contribution in [0.4, 0.5) is 5.69 Å². The summed E-state index contributed by atoms with van der Waals surface area (Å²) in [4.78, 5) is 29.5. The van der Waals surface area contributed by atoms with Crippen molar-refractivity contribution in [1.82, 2.24) is 9.66 Å². The number of para-hydroxylation sites is 1. The number of nitrogens with zero attached hydrogens (tertiary/aromatic N) is 4. The smallest absolute Gasteiger partial charge is 0.311 e. The SMILES string of the molecule is O=c1c2ccccc2nc(C2CCCCC2)n1N=Cc1ccc(OCc2ccc(Br)cc2)c([N+](=O)[O-])c1. The maximum atomic E-state index is 13.4. The van der Waals surface area contributed by atoms with Gasteiger partial charge in [-0.3, -0.25) is 14.9 Å². The highest BCUT2D eigenvalue weighted by Gasteiger charge is 2.22. The topological polar surface area (TPSA) is 99.6 Å². The van der Waals surface area contributed by atoms with Gasteiger partial charge in [0.25, 0.3) is 5.56 Å². The second-order valence-electron chi connectivity index (χ2n) is 9.08. The van der Waals surface area contributed by atoms with Crippen LogP contribution in [0, 0.1) is 10.1 Å². The Morgan fingerprint density at radius 1 is 1.08 bits per heavy atom. The Bertz CT molecular complexity index is 1530. The molecule has 0 aliphatic heterocycles. The van der Waals surface area contributed by atoms with Gasteiger partial charge in [0.2, 0.25) is 0 Å². The zero-order valence-corrected chi connectivity index (χ0v) is 21.6. The van der Waals surface area contributed by atoms with Crippen LogP contribution in [0.1, 0.15) is 55.0 Å². The van der Waals surface area contributed by atoms with Crippen LogP contribution in [0.2, 0.25) is 0 Å². The van der Waals surface area contributed by atoms with Gasteiger partial charge >= 0.3 is 5.69 Å². The van der Waals surface area contributed by atoms with E-state index in [1.807, 2.05) is 36.4 Å². The van der Waals surface area contributed by atoms with Crippen LogP contribution in [0.25, 0.3) is 10.9 Å². The highest BCUT2D eigenvalue weighted by atomic mass is 79.9. The van der Waals surface area contributed by atoms with Crippen molar-refractivity contribution in [2.24, 2.45) is 5.10 Å². The van der Waals surface area contributed by atoms with Crippen molar-refractivity contribution >= 4 is 38.7 Å². The third-order valence-electron chi connectivity index (χ3n) is 6.56. The summed E-state index contributed by atoms with van der Waals surface area (Å²) >= 11 is 3.39. The van der Waals surface area contributed by atoms with Gasteiger partial charge in [-0.25, -0.2) is 4.98 Å². The molecule has 9 heteroatoms. The van der Waals surface area contributed by atoms with Crippen LogP contribution in [-0.2, 0) is 6.61 Å². The van der Waals surface area contributed by atoms with Crippen molar-refractivity contribution in [1.29, 1.82) is 0 Å². The highest BCUT2D eigenvalue weighted by molar-refractivity contribution is 9.10. The van der Waals surface area contributed by atoms with Crippen LogP contribution in [0.5, 0.6) is 5.75 Å². The molecule has 4 aromatic rings. The van der Waals surface area contributed by atoms with Crippen molar-refractivity contribution in [3.05, 3.63) is 109 Å². The van der Waals surface area contributed by atoms with Gasteiger partial charge in [-0.15, -0.1) is 0 Å². The van der Waals surface area contributed by atoms with E-state index in [-0.39, 0.29) is 29.5 Å². The normalized spacial score (nSPS) is 14.3. The molecule has 1 saturated carbocycles. The third-order valence-corrected chi connectivity index (χ3v) is 7.09. The predicted octanol–water partition coefficient (Wildman–Crippen LogP) is 6.58. The van der Waals surface area contributed by atoms with Gasteiger partial charge in [0, 0.05) is 22.0 Å². The summed E-state index contributed by atoms with van der Waals surface area (Å²) < 4.78 is 8.05. The molecule has 5 rings (SSSR count). The first kappa shape index (κ1) is 24.8. The van der Waals surface area contributed by atoms with Gasteiger partial charge in [-0.05, 0) is 54.8 Å². The minimum atomic E-state index is -0.481. The first-order valence-electron chi connectivity index (χ1n) is 12.2. The van der Waals surface area contributed by atoms with Gasteiger partial charge < -0.3 is 4.74 Å². The molecule has 1 aliphatic carbocycles. The summed E-state index contributed by atoms with van der Waals surface area (Å²) in [7, 11) is 0. The fourth-order valence-electron chi connectivity index (χ4n) is 4.62. The number of nitro groups is 1. The Kier molecular flexibility index (Phi) is 7.41. The molecule has 37 heavy (non-hydrogen) atoms. The van der Waals surface area contributed by atoms with Crippen LogP contribution in [0.3, 0.4) is 0 Å². The van der Waals surface area contributed by atoms with E-state index in [0.29, 0.717) is 22.3 Å². The lowest BCUT2D eigenvalue weighted by atomic mass is 9.88. The second kappa shape index (κ2) is 11.0. The second-order valence-corrected chi connectivity index (χ2v) is 10.00. The molecule has 0 saturated heterocycles. The maximum Gasteiger partial charge on any atom is 0.311 e. The minimum Gasteiger partial charge on any atom is -0.482 e. The average Bonchev–Trinajstić information content (AvgIpc) is 2.93. The summed E-state index contributed by atoms with van der Waals surface area (Å²) in [6.07, 6.45) is 6.73. The van der Waals surface area contributed by atoms with E-state index in [4.69, 9.17) is 9.72 Å². The van der Waals surface area contributed by atoms with Crippen LogP contribution >= 0.6 is 15.9 Å². The lowest BCUT2D eigenvalue weighted by Gasteiger charge is -2.22. The maximum absolute atomic E-state index is 13.4. The van der Waals surface area contributed by atoms with E-state index >= 15 is 0 Å². The summed E-state index contributed by atoms with van der Waals surface area (Å²) in [5, 5.41) is 16.7. The Balaban J connectivity index is 1.47. The van der Waals surface area contributed by atoms with Crippen LogP contribution in [0.15, 0.2) is 81.1 Å². The Morgan fingerprint density at radius 2 is 1.84 bits per heavy atom. The quantitative estimate of drug-likeness (QED) is 0.144. The molecule has 1 aliphatic rings. The van der Waals surface area contributed by atoms with E-state index in [2.05, 4.69) is 21.0 Å². The van der Waals surface area contributed by atoms with Crippen molar-refractivity contribution in [3.63, 3.8) is 0 Å². The van der Waals surface area contributed by atoms with Gasteiger partial charge in [-0.2, -0.15) is 9.78 Å². The largest absolute Gasteiger partial charge is 0.482 e. The standard InChI is InChI=1S/C28H25BrN4O4/c29-22-13-10-19(11-14-22)18-37-26-15-12-20(16-25(26)33(35)36)17-30-32-27(21-6-2-1-3-7-21)31-24-9-5-4-8-23(24)28(32)34/h4-5,8-17,21H,1-3,6-7,18H2. The van der Waals surface area contributed by atoms with Crippen molar-refractivity contribution in [2.45, 2.75) is 44.6 Å². The number of nitro benzene ring substituents is 1. The number of ether oxygens (including phenoxy) is 1. The van der Waals surface area contributed by atoms with E-state index < -0.39 is 4.92 Å². The molecule has 0 bridgehead atoms. The van der Waals surface area contributed by atoms with E-state index in [9.17, 15) is 14.9 Å². The van der Waals surface area contributed by atoms with E-state index in [1.165, 1.54) is 23.4 Å². The summed E-state index contributed by atoms with van der Waals surface area (Å²) in [5.41, 5.74) is 1.62. The monoisotopic (exact) mass is 560 g/mol. The molecule has 188 valence electrons. The first-order valence-corrected chi connectivity index (χ1v) is 13.0. The number of halogens is 1. The van der Waals surface area contributed by atoms with Crippen molar-refractivity contribution in [3.8, 4) is 5.75 Å². The zero-order valence-electron chi connectivity index (χ0n) is 20.0. The summed E-state index contributed by atoms with van der Waals surface area (Å²) in [6.45, 7) is 0.199. The lowest BCUT2D eigenvalue weighted by molar-refractivity contribution is -0.385. The minimum absolute atomic E-state index is 0.145. The van der Waals surface area contributed by atoms with Gasteiger partial charge in [0.1, 0.15) is 12.4 Å². The first-order chi connectivity index (χ1) is 18.0. The molecule has 8 nitrogen and oxygen atoms in total. The average molecular weight is 561 g/mol. The molecule has 0 N–H and O–H groups in total. The predicted molar refractivity (Wildman–Crippen MR) is 146 cm³/mol. The van der Waals surface area contributed by atoms with Crippen molar-refractivity contribution in [2.75, 3.05) is 0 Å². The number of aromatic nitrogens is 2. The molecular formula is C28H25BrN4O4. The molecule has 1 aromatic heterocycles. The van der Waals surface area contributed by atoms with Gasteiger partial charge in [-0.1, -0.05) is 59.5 Å². The van der Waals surface area contributed by atoms with E-state index in [0.717, 1.165) is 35.7 Å². The fourth-order valence-corrected chi connectivity index (χ4v) is 4.89. The highest BCUT2D eigenvalue weighted by Crippen LogP contribution is 2.32. The molecule has 0 unspecified atom stereocenters. The molecule has 0 spiro atoms. The Labute approximate surface area is 221 Å². The van der Waals surface area contributed by atoms with Gasteiger partial charge in [0.05, 0.1) is 22.0 Å². The van der Waals surface area contributed by atoms with Crippen molar-refractivity contribution < 1.29 is 9.66 Å².